The van der Waals surface area contributed by atoms with Crippen molar-refractivity contribution in [1.29, 1.82) is 5.26 Å². The van der Waals surface area contributed by atoms with Crippen molar-refractivity contribution in [3.05, 3.63) is 29.6 Å². The number of hydrogen-bond acceptors (Lipinski definition) is 2. The smallest absolute Gasteiger partial charge is 0.147 e. The van der Waals surface area contributed by atoms with Gasteiger partial charge in [0, 0.05) is 13.1 Å². The van der Waals surface area contributed by atoms with E-state index in [1.54, 1.807) is 12.1 Å². The predicted octanol–water partition coefficient (Wildman–Crippen LogP) is 2.79. The predicted molar refractivity (Wildman–Crippen MR) is 61.7 cm³/mol. The minimum absolute atomic E-state index is 0.291. The van der Waals surface area contributed by atoms with Gasteiger partial charge in [-0.15, -0.1) is 0 Å². The van der Waals surface area contributed by atoms with Crippen molar-refractivity contribution < 1.29 is 4.39 Å². The Morgan fingerprint density at radius 3 is 2.44 bits per heavy atom. The van der Waals surface area contributed by atoms with Crippen LogP contribution >= 0.6 is 0 Å². The molecule has 3 heteroatoms. The van der Waals surface area contributed by atoms with Gasteiger partial charge in [-0.25, -0.2) is 4.39 Å². The molecule has 0 saturated carbocycles. The molecule has 1 aliphatic heterocycles. The molecule has 0 amide bonds. The molecule has 0 aromatic heterocycles. The van der Waals surface area contributed by atoms with Gasteiger partial charge in [0.1, 0.15) is 5.82 Å². The van der Waals surface area contributed by atoms with Crippen LogP contribution < -0.4 is 4.90 Å². The van der Waals surface area contributed by atoms with Crippen LogP contribution in [0.25, 0.3) is 0 Å². The molecule has 1 aromatic rings. The van der Waals surface area contributed by atoms with Crippen molar-refractivity contribution in [2.24, 2.45) is 11.8 Å². The molecule has 0 N–H and O–H groups in total. The minimum Gasteiger partial charge on any atom is -0.369 e. The Hall–Kier alpha value is -1.56. The third-order valence-electron chi connectivity index (χ3n) is 3.41. The molecule has 84 valence electrons. The topological polar surface area (TPSA) is 27.0 Å². The number of rotatable bonds is 1. The third kappa shape index (κ3) is 1.88. The molecule has 1 heterocycles. The van der Waals surface area contributed by atoms with E-state index in [2.05, 4.69) is 18.7 Å². The van der Waals surface area contributed by atoms with Crippen LogP contribution in [0.15, 0.2) is 18.2 Å². The summed E-state index contributed by atoms with van der Waals surface area (Å²) in [5, 5.41) is 8.67. The van der Waals surface area contributed by atoms with Gasteiger partial charge >= 0.3 is 0 Å². The number of anilines is 1. The first-order valence-corrected chi connectivity index (χ1v) is 5.56. The van der Waals surface area contributed by atoms with Gasteiger partial charge in [0.2, 0.25) is 0 Å². The summed E-state index contributed by atoms with van der Waals surface area (Å²) in [4.78, 5) is 2.06. The van der Waals surface area contributed by atoms with Gasteiger partial charge in [0.15, 0.2) is 0 Å². The summed E-state index contributed by atoms with van der Waals surface area (Å²) in [6.07, 6.45) is 0. The summed E-state index contributed by atoms with van der Waals surface area (Å²) in [6, 6.07) is 6.63. The fraction of sp³-hybridized carbons (Fsp3) is 0.462. The maximum absolute atomic E-state index is 13.8. The number of hydrogen-bond donors (Lipinski definition) is 0. The number of nitrogens with zero attached hydrogens (tertiary/aromatic N) is 2. The van der Waals surface area contributed by atoms with E-state index in [-0.39, 0.29) is 5.82 Å². The fourth-order valence-electron chi connectivity index (χ4n) is 2.16. The Morgan fingerprint density at radius 1 is 1.31 bits per heavy atom. The molecule has 1 aliphatic rings. The highest BCUT2D eigenvalue weighted by Gasteiger charge is 2.27. The van der Waals surface area contributed by atoms with E-state index in [0.717, 1.165) is 13.1 Å². The van der Waals surface area contributed by atoms with Crippen molar-refractivity contribution in [3.63, 3.8) is 0 Å². The van der Waals surface area contributed by atoms with E-state index >= 15 is 0 Å². The van der Waals surface area contributed by atoms with Crippen LogP contribution in [-0.2, 0) is 0 Å². The van der Waals surface area contributed by atoms with Gasteiger partial charge in [-0.3, -0.25) is 0 Å². The molecule has 2 atom stereocenters. The van der Waals surface area contributed by atoms with Gasteiger partial charge in [-0.2, -0.15) is 5.26 Å². The monoisotopic (exact) mass is 218 g/mol. The number of benzene rings is 1. The van der Waals surface area contributed by atoms with E-state index in [1.807, 2.05) is 6.07 Å². The quantitative estimate of drug-likeness (QED) is 0.724. The van der Waals surface area contributed by atoms with E-state index in [0.29, 0.717) is 23.1 Å². The second-order valence-corrected chi connectivity index (χ2v) is 4.64. The Kier molecular flexibility index (Phi) is 2.82. The Balaban J connectivity index is 2.26. The van der Waals surface area contributed by atoms with Crippen LogP contribution in [0, 0.1) is 29.0 Å². The van der Waals surface area contributed by atoms with Crippen LogP contribution in [0.4, 0.5) is 10.1 Å². The van der Waals surface area contributed by atoms with Crippen LogP contribution in [0.2, 0.25) is 0 Å². The summed E-state index contributed by atoms with van der Waals surface area (Å²) in [6.45, 7) is 6.16. The zero-order chi connectivity index (χ0) is 11.7. The summed E-state index contributed by atoms with van der Waals surface area (Å²) in [7, 11) is 0. The van der Waals surface area contributed by atoms with Crippen molar-refractivity contribution in [2.75, 3.05) is 18.0 Å². The summed E-state index contributed by atoms with van der Waals surface area (Å²) in [5.41, 5.74) is 0.997. The van der Waals surface area contributed by atoms with Gasteiger partial charge in [0.05, 0.1) is 17.3 Å². The molecule has 1 aromatic carbocycles. The molecule has 1 fully saturated rings. The molecule has 0 aliphatic carbocycles. The maximum atomic E-state index is 13.8. The van der Waals surface area contributed by atoms with Crippen LogP contribution in [0.3, 0.4) is 0 Å². The lowest BCUT2D eigenvalue weighted by molar-refractivity contribution is 0.494. The first-order chi connectivity index (χ1) is 7.61. The second-order valence-electron chi connectivity index (χ2n) is 4.64. The molecule has 16 heavy (non-hydrogen) atoms. The Morgan fingerprint density at radius 2 is 1.94 bits per heavy atom. The highest BCUT2D eigenvalue weighted by molar-refractivity contribution is 5.52. The van der Waals surface area contributed by atoms with Crippen LogP contribution in [-0.4, -0.2) is 13.1 Å². The molecular formula is C13H15FN2. The van der Waals surface area contributed by atoms with Crippen LogP contribution in [0.1, 0.15) is 19.4 Å². The highest BCUT2D eigenvalue weighted by Crippen LogP contribution is 2.29. The largest absolute Gasteiger partial charge is 0.369 e. The lowest BCUT2D eigenvalue weighted by atomic mass is 10.0. The molecule has 1 saturated heterocycles. The van der Waals surface area contributed by atoms with Gasteiger partial charge in [-0.1, -0.05) is 13.8 Å². The summed E-state index contributed by atoms with van der Waals surface area (Å²) >= 11 is 0. The van der Waals surface area contributed by atoms with Crippen molar-refractivity contribution >= 4 is 5.69 Å². The standard InChI is InChI=1S/C13H15FN2/c1-9-7-16(8-10(9)2)13-4-3-11(6-15)5-12(13)14/h3-5,9-10H,7-8H2,1-2H3. The van der Waals surface area contributed by atoms with Crippen molar-refractivity contribution in [3.8, 4) is 6.07 Å². The molecular weight excluding hydrogens is 203 g/mol. The molecule has 2 nitrogen and oxygen atoms in total. The zero-order valence-electron chi connectivity index (χ0n) is 9.57. The average molecular weight is 218 g/mol. The third-order valence-corrected chi connectivity index (χ3v) is 3.41. The van der Waals surface area contributed by atoms with E-state index < -0.39 is 0 Å². The fourth-order valence-corrected chi connectivity index (χ4v) is 2.16. The van der Waals surface area contributed by atoms with E-state index in [4.69, 9.17) is 5.26 Å². The Bertz CT molecular complexity index is 426. The van der Waals surface area contributed by atoms with E-state index in [9.17, 15) is 4.39 Å². The Labute approximate surface area is 95.3 Å². The average Bonchev–Trinajstić information content (AvgIpc) is 2.58. The lowest BCUT2D eigenvalue weighted by Crippen LogP contribution is -2.20. The van der Waals surface area contributed by atoms with Gasteiger partial charge in [-0.05, 0) is 30.0 Å². The first-order valence-electron chi connectivity index (χ1n) is 5.56. The minimum atomic E-state index is -0.291. The normalized spacial score (nSPS) is 24.5. The highest BCUT2D eigenvalue weighted by atomic mass is 19.1. The summed E-state index contributed by atoms with van der Waals surface area (Å²) in [5.74, 6) is 0.894. The lowest BCUT2D eigenvalue weighted by Gasteiger charge is -2.19. The molecule has 2 rings (SSSR count). The molecule has 2 unspecified atom stereocenters. The SMILES string of the molecule is CC1CN(c2ccc(C#N)cc2F)CC1C. The van der Waals surface area contributed by atoms with E-state index in [1.165, 1.54) is 6.07 Å². The first kappa shape index (κ1) is 10.9. The second kappa shape index (κ2) is 4.13. The zero-order valence-corrected chi connectivity index (χ0v) is 9.57. The van der Waals surface area contributed by atoms with Crippen molar-refractivity contribution in [2.45, 2.75) is 13.8 Å². The van der Waals surface area contributed by atoms with Gasteiger partial charge in [0.25, 0.3) is 0 Å². The molecule has 0 spiro atoms. The number of halogens is 1. The van der Waals surface area contributed by atoms with Gasteiger partial charge < -0.3 is 4.90 Å². The van der Waals surface area contributed by atoms with Crippen LogP contribution in [0.5, 0.6) is 0 Å². The number of nitriles is 1. The summed E-state index contributed by atoms with van der Waals surface area (Å²) < 4.78 is 13.8. The molecule has 0 radical (unpaired) electrons. The molecule has 0 bridgehead atoms. The maximum Gasteiger partial charge on any atom is 0.147 e. The van der Waals surface area contributed by atoms with Crippen molar-refractivity contribution in [1.82, 2.24) is 0 Å².